The minimum absolute atomic E-state index is 0.0659. The summed E-state index contributed by atoms with van der Waals surface area (Å²) in [5.41, 5.74) is 1.68. The quantitative estimate of drug-likeness (QED) is 0.739. The van der Waals surface area contributed by atoms with Crippen molar-refractivity contribution in [1.82, 2.24) is 0 Å². The van der Waals surface area contributed by atoms with E-state index in [1.807, 2.05) is 18.2 Å². The summed E-state index contributed by atoms with van der Waals surface area (Å²) >= 11 is 8.20. The Kier molecular flexibility index (Phi) is 3.88. The molecule has 0 fully saturated rings. The van der Waals surface area contributed by atoms with E-state index in [0.29, 0.717) is 17.1 Å². The van der Waals surface area contributed by atoms with Crippen LogP contribution in [0.3, 0.4) is 0 Å². The number of para-hydroxylation sites is 1. The van der Waals surface area contributed by atoms with Gasteiger partial charge in [0.25, 0.3) is 5.91 Å². The van der Waals surface area contributed by atoms with Crippen LogP contribution < -0.4 is 4.90 Å². The van der Waals surface area contributed by atoms with Crippen LogP contribution in [0, 0.1) is 0 Å². The number of phenols is 1. The van der Waals surface area contributed by atoms with E-state index in [9.17, 15) is 9.90 Å². The van der Waals surface area contributed by atoms with Gasteiger partial charge in [-0.25, -0.2) is 0 Å². The van der Waals surface area contributed by atoms with Crippen LogP contribution in [0.4, 0.5) is 5.69 Å². The summed E-state index contributed by atoms with van der Waals surface area (Å²) in [6.07, 6.45) is 1.81. The number of aryl methyl sites for hydroxylation is 1. The topological polar surface area (TPSA) is 40.5 Å². The third-order valence-corrected chi connectivity index (χ3v) is 6.54. The average molecular weight is 417 g/mol. The van der Waals surface area contributed by atoms with E-state index in [0.717, 1.165) is 26.7 Å². The van der Waals surface area contributed by atoms with Crippen molar-refractivity contribution in [2.24, 2.45) is 0 Å². The predicted octanol–water partition coefficient (Wildman–Crippen LogP) is 4.57. The van der Waals surface area contributed by atoms with Crippen LogP contribution in [0.5, 0.6) is 5.75 Å². The molecule has 0 aliphatic carbocycles. The highest BCUT2D eigenvalue weighted by Crippen LogP contribution is 2.38. The normalized spacial score (nSPS) is 14.2. The fourth-order valence-electron chi connectivity index (χ4n) is 2.42. The summed E-state index contributed by atoms with van der Waals surface area (Å²) in [6, 6.07) is 7.23. The zero-order valence-corrected chi connectivity index (χ0v) is 14.4. The highest BCUT2D eigenvalue weighted by molar-refractivity contribution is 9.13. The van der Waals surface area contributed by atoms with Crippen molar-refractivity contribution in [2.75, 3.05) is 11.4 Å². The number of thiophene rings is 1. The van der Waals surface area contributed by atoms with E-state index in [1.165, 1.54) is 11.3 Å². The van der Waals surface area contributed by atoms with Gasteiger partial charge in [-0.2, -0.15) is 0 Å². The van der Waals surface area contributed by atoms with Crippen molar-refractivity contribution in [2.45, 2.75) is 12.8 Å². The van der Waals surface area contributed by atoms with E-state index in [1.54, 1.807) is 11.0 Å². The van der Waals surface area contributed by atoms with Crippen LogP contribution >= 0.6 is 43.2 Å². The molecule has 1 aliphatic rings. The van der Waals surface area contributed by atoms with Crippen LogP contribution in [0.1, 0.15) is 21.7 Å². The summed E-state index contributed by atoms with van der Waals surface area (Å²) in [5, 5.41) is 10.1. The maximum absolute atomic E-state index is 12.7. The second-order valence-corrected chi connectivity index (χ2v) is 7.80. The predicted molar refractivity (Wildman–Crippen MR) is 87.8 cm³/mol. The molecular weight excluding hydrogens is 406 g/mol. The van der Waals surface area contributed by atoms with E-state index in [2.05, 4.69) is 31.9 Å². The number of carbonyl (C=O) groups is 1. The number of hydrogen-bond acceptors (Lipinski definition) is 3. The van der Waals surface area contributed by atoms with Crippen LogP contribution in [0.2, 0.25) is 0 Å². The SMILES string of the molecule is O=C(c1cc(Br)c(Br)s1)N1CCCc2cccc(O)c21. The van der Waals surface area contributed by atoms with E-state index < -0.39 is 0 Å². The number of anilines is 1. The average Bonchev–Trinajstić information content (AvgIpc) is 2.78. The summed E-state index contributed by atoms with van der Waals surface area (Å²) in [5.74, 6) is 0.106. The molecule has 20 heavy (non-hydrogen) atoms. The number of fused-ring (bicyclic) bond motifs is 1. The van der Waals surface area contributed by atoms with Gasteiger partial charge in [-0.3, -0.25) is 4.79 Å². The number of carbonyl (C=O) groups excluding carboxylic acids is 1. The Labute approximate surface area is 137 Å². The lowest BCUT2D eigenvalue weighted by molar-refractivity contribution is 0.0988. The maximum Gasteiger partial charge on any atom is 0.268 e. The maximum atomic E-state index is 12.7. The fraction of sp³-hybridized carbons (Fsp3) is 0.214. The highest BCUT2D eigenvalue weighted by atomic mass is 79.9. The third-order valence-electron chi connectivity index (χ3n) is 3.30. The monoisotopic (exact) mass is 415 g/mol. The van der Waals surface area contributed by atoms with Crippen molar-refractivity contribution in [3.63, 3.8) is 0 Å². The molecule has 0 radical (unpaired) electrons. The molecule has 2 heterocycles. The molecule has 2 aromatic rings. The number of amides is 1. The van der Waals surface area contributed by atoms with Gasteiger partial charge in [-0.05, 0) is 62.4 Å². The first-order valence-electron chi connectivity index (χ1n) is 6.15. The molecular formula is C14H11Br2NO2S. The molecule has 0 saturated heterocycles. The third kappa shape index (κ3) is 2.40. The highest BCUT2D eigenvalue weighted by Gasteiger charge is 2.27. The number of benzene rings is 1. The van der Waals surface area contributed by atoms with Crippen LogP contribution in [0.15, 0.2) is 32.5 Å². The zero-order chi connectivity index (χ0) is 14.3. The van der Waals surface area contributed by atoms with Crippen LogP contribution in [0.25, 0.3) is 0 Å². The van der Waals surface area contributed by atoms with Gasteiger partial charge in [0, 0.05) is 11.0 Å². The lowest BCUT2D eigenvalue weighted by atomic mass is 10.0. The summed E-state index contributed by atoms with van der Waals surface area (Å²) in [4.78, 5) is 15.0. The van der Waals surface area contributed by atoms with Crippen LogP contribution in [-0.2, 0) is 6.42 Å². The minimum atomic E-state index is -0.0659. The van der Waals surface area contributed by atoms with Gasteiger partial charge in [0.15, 0.2) is 0 Å². The summed E-state index contributed by atoms with van der Waals surface area (Å²) in [6.45, 7) is 0.635. The molecule has 1 N–H and O–H groups in total. The molecule has 1 amide bonds. The second-order valence-electron chi connectivity index (χ2n) is 4.58. The number of phenolic OH excluding ortho intramolecular Hbond substituents is 1. The first kappa shape index (κ1) is 14.1. The number of hydrogen-bond donors (Lipinski definition) is 1. The van der Waals surface area contributed by atoms with E-state index in [4.69, 9.17) is 0 Å². The smallest absolute Gasteiger partial charge is 0.268 e. The lowest BCUT2D eigenvalue weighted by Crippen LogP contribution is -2.35. The molecule has 0 spiro atoms. The molecule has 6 heteroatoms. The van der Waals surface area contributed by atoms with Crippen molar-refractivity contribution >= 4 is 54.8 Å². The molecule has 3 nitrogen and oxygen atoms in total. The van der Waals surface area contributed by atoms with Crippen molar-refractivity contribution in [3.8, 4) is 5.75 Å². The zero-order valence-electron chi connectivity index (χ0n) is 10.4. The molecule has 0 bridgehead atoms. The van der Waals surface area contributed by atoms with Gasteiger partial charge in [0.2, 0.25) is 0 Å². The van der Waals surface area contributed by atoms with Crippen molar-refractivity contribution in [1.29, 1.82) is 0 Å². The van der Waals surface area contributed by atoms with Gasteiger partial charge in [0.05, 0.1) is 14.4 Å². The molecule has 1 aliphatic heterocycles. The Morgan fingerprint density at radius 1 is 1.35 bits per heavy atom. The summed E-state index contributed by atoms with van der Waals surface area (Å²) in [7, 11) is 0. The van der Waals surface area contributed by atoms with Gasteiger partial charge in [-0.1, -0.05) is 12.1 Å². The second kappa shape index (κ2) is 5.50. The Morgan fingerprint density at radius 3 is 2.85 bits per heavy atom. The molecule has 1 aromatic carbocycles. The number of aromatic hydroxyl groups is 1. The molecule has 0 unspecified atom stereocenters. The largest absolute Gasteiger partial charge is 0.506 e. The number of rotatable bonds is 1. The van der Waals surface area contributed by atoms with Gasteiger partial charge in [-0.15, -0.1) is 11.3 Å². The van der Waals surface area contributed by atoms with Gasteiger partial charge < -0.3 is 10.0 Å². The van der Waals surface area contributed by atoms with Crippen molar-refractivity contribution < 1.29 is 9.90 Å². The van der Waals surface area contributed by atoms with Gasteiger partial charge >= 0.3 is 0 Å². The van der Waals surface area contributed by atoms with Gasteiger partial charge in [0.1, 0.15) is 5.75 Å². The molecule has 0 saturated carbocycles. The molecule has 1 aromatic heterocycles. The first-order chi connectivity index (χ1) is 9.58. The van der Waals surface area contributed by atoms with Crippen molar-refractivity contribution in [3.05, 3.63) is 43.0 Å². The minimum Gasteiger partial charge on any atom is -0.506 e. The Hall–Kier alpha value is -0.850. The Balaban J connectivity index is 2.02. The fourth-order valence-corrected chi connectivity index (χ4v) is 4.40. The van der Waals surface area contributed by atoms with E-state index >= 15 is 0 Å². The molecule has 3 rings (SSSR count). The summed E-state index contributed by atoms with van der Waals surface area (Å²) < 4.78 is 1.77. The molecule has 0 atom stereocenters. The van der Waals surface area contributed by atoms with E-state index in [-0.39, 0.29) is 11.7 Å². The molecule has 104 valence electrons. The Morgan fingerprint density at radius 2 is 2.15 bits per heavy atom. The van der Waals surface area contributed by atoms with Crippen LogP contribution in [-0.4, -0.2) is 17.6 Å². The first-order valence-corrected chi connectivity index (χ1v) is 8.55. The number of nitrogens with zero attached hydrogens (tertiary/aromatic N) is 1. The number of halogens is 2. The standard InChI is InChI=1S/C14H11Br2NO2S/c15-9-7-11(20-13(9)16)14(19)17-6-2-4-8-3-1-5-10(18)12(8)17/h1,3,5,7,18H,2,4,6H2. The Bertz CT molecular complexity index is 664. The lowest BCUT2D eigenvalue weighted by Gasteiger charge is -2.29.